The predicted molar refractivity (Wildman–Crippen MR) is 117 cm³/mol. The molecule has 2 N–H and O–H groups in total. The van der Waals surface area contributed by atoms with Crippen LogP contribution < -0.4 is 10.9 Å². The molecular weight excluding hydrogens is 394 g/mol. The van der Waals surface area contributed by atoms with Gasteiger partial charge in [0.2, 0.25) is 5.91 Å². The largest absolute Gasteiger partial charge is 0.393 e. The zero-order valence-corrected chi connectivity index (χ0v) is 17.4. The van der Waals surface area contributed by atoms with Crippen LogP contribution in [0, 0.1) is 0 Å². The van der Waals surface area contributed by atoms with Crippen LogP contribution in [-0.2, 0) is 24.4 Å². The topological polar surface area (TPSA) is 100 Å². The van der Waals surface area contributed by atoms with Gasteiger partial charge in [-0.2, -0.15) is 0 Å². The Bertz CT molecular complexity index is 1090. The van der Waals surface area contributed by atoms with E-state index in [2.05, 4.69) is 32.7 Å². The highest BCUT2D eigenvalue weighted by atomic mass is 16.3. The standard InChI is InChI=1S/C23H27N5O3/c29-19-9-12-27(13-10-19)16-18-7-5-17(6-8-18)15-24-22(30)11-14-28-23(31)20-3-1-2-4-21(20)25-26-28/h1-8,19,29H,9-16H2,(H,24,30). The van der Waals surface area contributed by atoms with Crippen LogP contribution in [0.5, 0.6) is 0 Å². The van der Waals surface area contributed by atoms with Gasteiger partial charge in [-0.25, -0.2) is 4.68 Å². The maximum Gasteiger partial charge on any atom is 0.277 e. The molecule has 2 aromatic carbocycles. The number of fused-ring (bicyclic) bond motifs is 1. The van der Waals surface area contributed by atoms with Crippen molar-refractivity contribution in [1.29, 1.82) is 0 Å². The molecule has 0 radical (unpaired) electrons. The fourth-order valence-corrected chi connectivity index (χ4v) is 3.76. The van der Waals surface area contributed by atoms with E-state index < -0.39 is 0 Å². The molecule has 0 bridgehead atoms. The summed E-state index contributed by atoms with van der Waals surface area (Å²) in [5.41, 5.74) is 2.56. The van der Waals surface area contributed by atoms with Crippen LogP contribution in [0.2, 0.25) is 0 Å². The number of likely N-dealkylation sites (tertiary alicyclic amines) is 1. The summed E-state index contributed by atoms with van der Waals surface area (Å²) in [4.78, 5) is 27.0. The van der Waals surface area contributed by atoms with Gasteiger partial charge in [-0.05, 0) is 36.1 Å². The summed E-state index contributed by atoms with van der Waals surface area (Å²) in [6, 6.07) is 15.2. The number of aromatic nitrogens is 3. The molecule has 31 heavy (non-hydrogen) atoms. The van der Waals surface area contributed by atoms with Crippen LogP contribution in [0.25, 0.3) is 10.9 Å². The number of piperidine rings is 1. The Morgan fingerprint density at radius 1 is 1.06 bits per heavy atom. The van der Waals surface area contributed by atoms with Crippen molar-refractivity contribution in [3.8, 4) is 0 Å². The van der Waals surface area contributed by atoms with Gasteiger partial charge in [-0.3, -0.25) is 14.5 Å². The van der Waals surface area contributed by atoms with E-state index in [1.165, 1.54) is 10.2 Å². The van der Waals surface area contributed by atoms with Gasteiger partial charge in [0.15, 0.2) is 0 Å². The summed E-state index contributed by atoms with van der Waals surface area (Å²) in [6.07, 6.45) is 1.67. The van der Waals surface area contributed by atoms with Crippen LogP contribution in [0.3, 0.4) is 0 Å². The van der Waals surface area contributed by atoms with Gasteiger partial charge in [0.1, 0.15) is 5.52 Å². The molecule has 0 saturated carbocycles. The van der Waals surface area contributed by atoms with E-state index in [1.807, 2.05) is 12.1 Å². The highest BCUT2D eigenvalue weighted by Crippen LogP contribution is 2.14. The molecule has 0 atom stereocenters. The summed E-state index contributed by atoms with van der Waals surface area (Å²) < 4.78 is 1.23. The second-order valence-electron chi connectivity index (χ2n) is 7.99. The first-order chi connectivity index (χ1) is 15.1. The Balaban J connectivity index is 1.24. The molecule has 0 aliphatic carbocycles. The first-order valence-electron chi connectivity index (χ1n) is 10.7. The van der Waals surface area contributed by atoms with Crippen molar-refractivity contribution in [1.82, 2.24) is 25.2 Å². The number of carbonyl (C=O) groups excluding carboxylic acids is 1. The summed E-state index contributed by atoms with van der Waals surface area (Å²) >= 11 is 0. The van der Waals surface area contributed by atoms with E-state index in [0.717, 1.165) is 38.0 Å². The number of nitrogens with one attached hydrogen (secondary N) is 1. The van der Waals surface area contributed by atoms with Crippen LogP contribution in [0.1, 0.15) is 30.4 Å². The molecule has 1 aliphatic heterocycles. The molecule has 8 heteroatoms. The number of nitrogens with zero attached hydrogens (tertiary/aromatic N) is 4. The zero-order valence-electron chi connectivity index (χ0n) is 17.4. The van der Waals surface area contributed by atoms with E-state index in [0.29, 0.717) is 17.4 Å². The second-order valence-corrected chi connectivity index (χ2v) is 7.99. The SMILES string of the molecule is O=C(CCn1nnc2ccccc2c1=O)NCc1ccc(CN2CCC(O)CC2)cc1. The lowest BCUT2D eigenvalue weighted by atomic mass is 10.1. The molecule has 0 unspecified atom stereocenters. The molecule has 1 aliphatic rings. The summed E-state index contributed by atoms with van der Waals surface area (Å²) in [5, 5.41) is 20.9. The molecule has 1 aromatic heterocycles. The maximum absolute atomic E-state index is 12.4. The fraction of sp³-hybridized carbons (Fsp3) is 0.391. The van der Waals surface area contributed by atoms with Crippen molar-refractivity contribution in [2.75, 3.05) is 13.1 Å². The van der Waals surface area contributed by atoms with Crippen LogP contribution >= 0.6 is 0 Å². The summed E-state index contributed by atoms with van der Waals surface area (Å²) in [7, 11) is 0. The van der Waals surface area contributed by atoms with Crippen molar-refractivity contribution in [2.45, 2.75) is 45.0 Å². The van der Waals surface area contributed by atoms with Crippen molar-refractivity contribution in [3.63, 3.8) is 0 Å². The van der Waals surface area contributed by atoms with Crippen molar-refractivity contribution in [2.24, 2.45) is 0 Å². The van der Waals surface area contributed by atoms with Crippen LogP contribution in [0.15, 0.2) is 53.3 Å². The number of hydrogen-bond acceptors (Lipinski definition) is 6. The highest BCUT2D eigenvalue weighted by Gasteiger charge is 2.16. The zero-order chi connectivity index (χ0) is 21.6. The van der Waals surface area contributed by atoms with Gasteiger partial charge in [-0.1, -0.05) is 41.6 Å². The molecule has 2 heterocycles. The average molecular weight is 422 g/mol. The highest BCUT2D eigenvalue weighted by molar-refractivity contribution is 5.77. The second kappa shape index (κ2) is 9.80. The summed E-state index contributed by atoms with van der Waals surface area (Å²) in [6.45, 7) is 3.34. The normalized spacial score (nSPS) is 15.3. The van der Waals surface area contributed by atoms with Gasteiger partial charge in [0.05, 0.1) is 18.0 Å². The van der Waals surface area contributed by atoms with Gasteiger partial charge >= 0.3 is 0 Å². The number of amides is 1. The number of aryl methyl sites for hydroxylation is 1. The van der Waals surface area contributed by atoms with E-state index in [4.69, 9.17) is 0 Å². The Labute approximate surface area is 180 Å². The van der Waals surface area contributed by atoms with Crippen LogP contribution in [0.4, 0.5) is 0 Å². The Hall–Kier alpha value is -3.10. The molecule has 1 saturated heterocycles. The number of carbonyl (C=O) groups is 1. The Morgan fingerprint density at radius 3 is 2.55 bits per heavy atom. The molecule has 8 nitrogen and oxygen atoms in total. The van der Waals surface area contributed by atoms with Crippen molar-refractivity contribution in [3.05, 3.63) is 70.0 Å². The molecule has 162 valence electrons. The monoisotopic (exact) mass is 421 g/mol. The fourth-order valence-electron chi connectivity index (χ4n) is 3.76. The number of rotatable bonds is 7. The molecule has 3 aromatic rings. The number of benzene rings is 2. The first kappa shape index (κ1) is 21.1. The molecule has 0 spiro atoms. The van der Waals surface area contributed by atoms with Crippen LogP contribution in [-0.4, -0.2) is 50.1 Å². The van der Waals surface area contributed by atoms with Crippen molar-refractivity contribution < 1.29 is 9.90 Å². The molecular formula is C23H27N5O3. The number of aliphatic hydroxyl groups is 1. The minimum atomic E-state index is -0.239. The quantitative estimate of drug-likeness (QED) is 0.599. The maximum atomic E-state index is 12.4. The third kappa shape index (κ3) is 5.53. The van der Waals surface area contributed by atoms with Gasteiger partial charge in [0.25, 0.3) is 5.56 Å². The minimum absolute atomic E-state index is 0.141. The third-order valence-corrected chi connectivity index (χ3v) is 5.66. The number of hydrogen-bond donors (Lipinski definition) is 2. The third-order valence-electron chi connectivity index (χ3n) is 5.66. The molecule has 4 rings (SSSR count). The van der Waals surface area contributed by atoms with E-state index in [1.54, 1.807) is 24.3 Å². The smallest absolute Gasteiger partial charge is 0.277 e. The molecule has 1 amide bonds. The Kier molecular flexibility index (Phi) is 6.69. The Morgan fingerprint density at radius 2 is 1.77 bits per heavy atom. The van der Waals surface area contributed by atoms with Crippen molar-refractivity contribution >= 4 is 16.8 Å². The van der Waals surface area contributed by atoms with Gasteiger partial charge in [0, 0.05) is 32.6 Å². The van der Waals surface area contributed by atoms with E-state index in [9.17, 15) is 14.7 Å². The lowest BCUT2D eigenvalue weighted by Crippen LogP contribution is -2.35. The van der Waals surface area contributed by atoms with Gasteiger partial charge < -0.3 is 10.4 Å². The predicted octanol–water partition coefficient (Wildman–Crippen LogP) is 1.45. The average Bonchev–Trinajstić information content (AvgIpc) is 2.80. The van der Waals surface area contributed by atoms with E-state index >= 15 is 0 Å². The van der Waals surface area contributed by atoms with E-state index in [-0.39, 0.29) is 30.5 Å². The number of aliphatic hydroxyl groups excluding tert-OH is 1. The summed E-state index contributed by atoms with van der Waals surface area (Å²) in [5.74, 6) is -0.141. The molecule has 1 fully saturated rings. The lowest BCUT2D eigenvalue weighted by molar-refractivity contribution is -0.121. The first-order valence-corrected chi connectivity index (χ1v) is 10.7. The van der Waals surface area contributed by atoms with Gasteiger partial charge in [-0.15, -0.1) is 5.10 Å². The minimum Gasteiger partial charge on any atom is -0.393 e. The lowest BCUT2D eigenvalue weighted by Gasteiger charge is -2.29.